The van der Waals surface area contributed by atoms with E-state index in [0.29, 0.717) is 29.0 Å². The van der Waals surface area contributed by atoms with Crippen molar-refractivity contribution in [3.63, 3.8) is 0 Å². The number of benzene rings is 2. The smallest absolute Gasteiger partial charge is 0.249 e. The van der Waals surface area contributed by atoms with Crippen molar-refractivity contribution in [1.29, 1.82) is 0 Å². The molecule has 0 saturated carbocycles. The molecule has 0 fully saturated rings. The first-order valence-corrected chi connectivity index (χ1v) is 9.03. The van der Waals surface area contributed by atoms with Gasteiger partial charge < -0.3 is 15.2 Å². The van der Waals surface area contributed by atoms with Crippen LogP contribution >= 0.6 is 0 Å². The number of carbonyl (C=O) groups is 2. The molecule has 0 radical (unpaired) electrons. The summed E-state index contributed by atoms with van der Waals surface area (Å²) >= 11 is 0. The summed E-state index contributed by atoms with van der Waals surface area (Å²) in [6.07, 6.45) is 3.17. The number of nitrogens with one attached hydrogen (secondary N) is 2. The van der Waals surface area contributed by atoms with Crippen molar-refractivity contribution in [3.8, 4) is 11.5 Å². The Morgan fingerprint density at radius 1 is 1.17 bits per heavy atom. The van der Waals surface area contributed by atoms with Crippen molar-refractivity contribution >= 4 is 23.7 Å². The second-order valence-corrected chi connectivity index (χ2v) is 6.54. The van der Waals surface area contributed by atoms with Crippen molar-refractivity contribution in [2.24, 2.45) is 5.10 Å². The van der Waals surface area contributed by atoms with Crippen LogP contribution in [0.4, 0.5) is 5.69 Å². The standard InChI is InChI=1S/C22H25N3O4/c1-5-6-17-10-16(11-19(29-4)22(17)28)13-23-25-21(27)12-20(26)24-18-8-7-14(2)15(3)9-18/h5,7-11,13,28H,1,6,12H2,2-4H3,(H,24,26)(H,25,27)/b23-13+. The molecule has 0 saturated heterocycles. The zero-order valence-corrected chi connectivity index (χ0v) is 16.8. The van der Waals surface area contributed by atoms with Gasteiger partial charge >= 0.3 is 0 Å². The van der Waals surface area contributed by atoms with Gasteiger partial charge in [-0.05, 0) is 61.2 Å². The van der Waals surface area contributed by atoms with E-state index < -0.39 is 11.8 Å². The minimum atomic E-state index is -0.542. The van der Waals surface area contributed by atoms with Gasteiger partial charge in [0.15, 0.2) is 11.5 Å². The van der Waals surface area contributed by atoms with Gasteiger partial charge in [0.2, 0.25) is 11.8 Å². The number of aromatic hydroxyl groups is 1. The van der Waals surface area contributed by atoms with E-state index >= 15 is 0 Å². The molecule has 7 heteroatoms. The van der Waals surface area contributed by atoms with Crippen LogP contribution in [0.2, 0.25) is 0 Å². The normalized spacial score (nSPS) is 10.6. The molecule has 2 aromatic rings. The predicted molar refractivity (Wildman–Crippen MR) is 113 cm³/mol. The Morgan fingerprint density at radius 3 is 2.59 bits per heavy atom. The summed E-state index contributed by atoms with van der Waals surface area (Å²) in [5.41, 5.74) is 6.38. The predicted octanol–water partition coefficient (Wildman–Crippen LogP) is 3.23. The average Bonchev–Trinajstić information content (AvgIpc) is 2.67. The number of methoxy groups -OCH3 is 1. The number of carbonyl (C=O) groups excluding carboxylic acids is 2. The number of aryl methyl sites for hydroxylation is 2. The van der Waals surface area contributed by atoms with Crippen molar-refractivity contribution in [2.45, 2.75) is 26.7 Å². The van der Waals surface area contributed by atoms with Crippen molar-refractivity contribution in [2.75, 3.05) is 12.4 Å². The first kappa shape index (κ1) is 21.7. The van der Waals surface area contributed by atoms with Crippen LogP contribution in [0.25, 0.3) is 0 Å². The molecule has 0 aliphatic heterocycles. The van der Waals surface area contributed by atoms with Crippen LogP contribution in [0.3, 0.4) is 0 Å². The van der Waals surface area contributed by atoms with E-state index in [-0.39, 0.29) is 12.2 Å². The Kier molecular flexibility index (Phi) is 7.54. The number of amides is 2. The minimum Gasteiger partial charge on any atom is -0.504 e. The first-order valence-electron chi connectivity index (χ1n) is 9.03. The molecule has 2 rings (SSSR count). The molecule has 0 unspecified atom stereocenters. The zero-order chi connectivity index (χ0) is 21.4. The van der Waals surface area contributed by atoms with Crippen molar-refractivity contribution in [1.82, 2.24) is 5.43 Å². The van der Waals surface area contributed by atoms with Crippen LogP contribution in [0.1, 0.15) is 28.7 Å². The number of phenols is 1. The van der Waals surface area contributed by atoms with Gasteiger partial charge in [-0.25, -0.2) is 5.43 Å². The van der Waals surface area contributed by atoms with Crippen molar-refractivity contribution < 1.29 is 19.4 Å². The van der Waals surface area contributed by atoms with Crippen LogP contribution in [0.5, 0.6) is 11.5 Å². The second kappa shape index (κ2) is 10.1. The van der Waals surface area contributed by atoms with Crippen LogP contribution < -0.4 is 15.5 Å². The maximum absolute atomic E-state index is 12.0. The molecule has 3 N–H and O–H groups in total. The molecule has 7 nitrogen and oxygen atoms in total. The monoisotopic (exact) mass is 395 g/mol. The summed E-state index contributed by atoms with van der Waals surface area (Å²) in [4.78, 5) is 24.0. The van der Waals surface area contributed by atoms with Gasteiger partial charge in [0.25, 0.3) is 0 Å². The van der Waals surface area contributed by atoms with Gasteiger partial charge in [0.05, 0.1) is 13.3 Å². The van der Waals surface area contributed by atoms with Gasteiger partial charge in [0.1, 0.15) is 6.42 Å². The Hall–Kier alpha value is -3.61. The summed E-state index contributed by atoms with van der Waals surface area (Å²) in [7, 11) is 1.45. The number of ether oxygens (including phenoxy) is 1. The van der Waals surface area contributed by atoms with Gasteiger partial charge in [-0.15, -0.1) is 6.58 Å². The molecule has 0 heterocycles. The van der Waals surface area contributed by atoms with Crippen molar-refractivity contribution in [3.05, 3.63) is 65.2 Å². The van der Waals surface area contributed by atoms with E-state index in [0.717, 1.165) is 11.1 Å². The lowest BCUT2D eigenvalue weighted by molar-refractivity contribution is -0.126. The topological polar surface area (TPSA) is 100 Å². The Morgan fingerprint density at radius 2 is 1.93 bits per heavy atom. The van der Waals surface area contributed by atoms with Crippen LogP contribution in [-0.2, 0) is 16.0 Å². The van der Waals surface area contributed by atoms with Gasteiger partial charge in [-0.1, -0.05) is 12.1 Å². The fourth-order valence-electron chi connectivity index (χ4n) is 2.62. The third kappa shape index (κ3) is 6.21. The lowest BCUT2D eigenvalue weighted by Gasteiger charge is -2.09. The molecule has 0 atom stereocenters. The third-order valence-corrected chi connectivity index (χ3v) is 4.28. The molecular weight excluding hydrogens is 370 g/mol. The van der Waals surface area contributed by atoms with E-state index in [4.69, 9.17) is 4.74 Å². The van der Waals surface area contributed by atoms with E-state index in [1.54, 1.807) is 24.3 Å². The number of hydrogen-bond acceptors (Lipinski definition) is 5. The first-order chi connectivity index (χ1) is 13.8. The molecule has 29 heavy (non-hydrogen) atoms. The van der Waals surface area contributed by atoms with Crippen LogP contribution in [0, 0.1) is 13.8 Å². The average molecular weight is 395 g/mol. The number of rotatable bonds is 8. The van der Waals surface area contributed by atoms with Gasteiger partial charge in [-0.3, -0.25) is 9.59 Å². The zero-order valence-electron chi connectivity index (χ0n) is 16.8. The molecule has 2 aromatic carbocycles. The summed E-state index contributed by atoms with van der Waals surface area (Å²) in [5.74, 6) is -0.637. The summed E-state index contributed by atoms with van der Waals surface area (Å²) in [6.45, 7) is 7.59. The molecule has 0 bridgehead atoms. The Labute approximate surface area is 170 Å². The number of anilines is 1. The van der Waals surface area contributed by atoms with E-state index in [1.165, 1.54) is 13.3 Å². The fourth-order valence-corrected chi connectivity index (χ4v) is 2.62. The van der Waals surface area contributed by atoms with E-state index in [1.807, 2.05) is 26.0 Å². The maximum atomic E-state index is 12.0. The minimum absolute atomic E-state index is 0.0385. The summed E-state index contributed by atoms with van der Waals surface area (Å²) < 4.78 is 5.14. The number of hydrazone groups is 1. The number of nitrogens with zero attached hydrogens (tertiary/aromatic N) is 1. The highest BCUT2D eigenvalue weighted by atomic mass is 16.5. The molecule has 152 valence electrons. The lowest BCUT2D eigenvalue weighted by atomic mass is 10.1. The third-order valence-electron chi connectivity index (χ3n) is 4.28. The van der Waals surface area contributed by atoms with E-state index in [2.05, 4.69) is 22.4 Å². The summed E-state index contributed by atoms with van der Waals surface area (Å²) in [6, 6.07) is 8.84. The number of phenolic OH excluding ortho intramolecular Hbond substituents is 1. The van der Waals surface area contributed by atoms with Crippen LogP contribution in [-0.4, -0.2) is 30.2 Å². The molecule has 0 aromatic heterocycles. The molecule has 0 aliphatic carbocycles. The largest absolute Gasteiger partial charge is 0.504 e. The lowest BCUT2D eigenvalue weighted by Crippen LogP contribution is -2.24. The highest BCUT2D eigenvalue weighted by molar-refractivity contribution is 6.03. The number of allylic oxidation sites excluding steroid dienone is 1. The fraction of sp³-hybridized carbons (Fsp3) is 0.227. The van der Waals surface area contributed by atoms with Gasteiger partial charge in [0, 0.05) is 11.3 Å². The quantitative estimate of drug-likeness (QED) is 0.276. The van der Waals surface area contributed by atoms with Crippen LogP contribution in [0.15, 0.2) is 48.1 Å². The summed E-state index contributed by atoms with van der Waals surface area (Å²) in [5, 5.41) is 16.6. The highest BCUT2D eigenvalue weighted by Crippen LogP contribution is 2.31. The Bertz CT molecular complexity index is 951. The Balaban J connectivity index is 1.95. The maximum Gasteiger partial charge on any atom is 0.249 e. The highest BCUT2D eigenvalue weighted by Gasteiger charge is 2.11. The molecule has 2 amide bonds. The molecule has 0 spiro atoms. The molecular formula is C22H25N3O4. The SMILES string of the molecule is C=CCc1cc(/C=N/NC(=O)CC(=O)Nc2ccc(C)c(C)c2)cc(OC)c1O. The van der Waals surface area contributed by atoms with Gasteiger partial charge in [-0.2, -0.15) is 5.10 Å². The second-order valence-electron chi connectivity index (χ2n) is 6.54. The molecule has 0 aliphatic rings. The number of hydrogen-bond donors (Lipinski definition) is 3. The van der Waals surface area contributed by atoms with E-state index in [9.17, 15) is 14.7 Å².